The minimum atomic E-state index is -0.713. The van der Waals surface area contributed by atoms with Crippen molar-refractivity contribution >= 4 is 38.5 Å². The van der Waals surface area contributed by atoms with Gasteiger partial charge in [-0.15, -0.1) is 11.3 Å². The highest BCUT2D eigenvalue weighted by atomic mass is 32.1. The van der Waals surface area contributed by atoms with E-state index >= 15 is 0 Å². The summed E-state index contributed by atoms with van der Waals surface area (Å²) in [5, 5.41) is 6.62. The van der Waals surface area contributed by atoms with Gasteiger partial charge in [0, 0.05) is 10.9 Å². The van der Waals surface area contributed by atoms with Gasteiger partial charge in [-0.25, -0.2) is 18.4 Å². The molecule has 0 aliphatic rings. The summed E-state index contributed by atoms with van der Waals surface area (Å²) >= 11 is 1.42. The highest BCUT2D eigenvalue weighted by Gasteiger charge is 2.25. The van der Waals surface area contributed by atoms with Crippen molar-refractivity contribution in [2.24, 2.45) is 0 Å². The van der Waals surface area contributed by atoms with Gasteiger partial charge >= 0.3 is 6.09 Å². The molecule has 4 rings (SSSR count). The Labute approximate surface area is 163 Å². The van der Waals surface area contributed by atoms with Gasteiger partial charge in [-0.05, 0) is 38.3 Å². The zero-order valence-corrected chi connectivity index (χ0v) is 16.4. The van der Waals surface area contributed by atoms with Crippen LogP contribution in [0.5, 0.6) is 0 Å². The number of benzene rings is 1. The van der Waals surface area contributed by atoms with Gasteiger partial charge in [-0.3, -0.25) is 4.79 Å². The van der Waals surface area contributed by atoms with Crippen LogP contribution in [0.4, 0.5) is 9.18 Å². The SMILES string of the molecule is CC(C)(C)OC(=O)n1c2ccsc2c2cnn(Cc3ccccc3F)c(=O)c21. The van der Waals surface area contributed by atoms with E-state index in [1.165, 1.54) is 28.2 Å². The van der Waals surface area contributed by atoms with Crippen molar-refractivity contribution in [1.82, 2.24) is 14.3 Å². The number of fused-ring (bicyclic) bond motifs is 3. The molecule has 3 aromatic heterocycles. The Morgan fingerprint density at radius 2 is 2.00 bits per heavy atom. The van der Waals surface area contributed by atoms with E-state index in [-0.39, 0.29) is 12.1 Å². The molecule has 0 unspecified atom stereocenters. The van der Waals surface area contributed by atoms with Crippen LogP contribution in [0.1, 0.15) is 26.3 Å². The van der Waals surface area contributed by atoms with E-state index in [1.807, 2.05) is 5.38 Å². The van der Waals surface area contributed by atoms with Crippen molar-refractivity contribution < 1.29 is 13.9 Å². The lowest BCUT2D eigenvalue weighted by Crippen LogP contribution is -2.30. The van der Waals surface area contributed by atoms with Crippen molar-refractivity contribution in [3.8, 4) is 0 Å². The second-order valence-electron chi connectivity index (χ2n) is 7.41. The number of rotatable bonds is 2. The number of hydrogen-bond donors (Lipinski definition) is 0. The molecule has 6 nitrogen and oxygen atoms in total. The molecule has 28 heavy (non-hydrogen) atoms. The van der Waals surface area contributed by atoms with Crippen LogP contribution in [0.2, 0.25) is 0 Å². The van der Waals surface area contributed by atoms with Gasteiger partial charge in [-0.2, -0.15) is 5.10 Å². The number of carbonyl (C=O) groups excluding carboxylic acids is 1. The molecule has 0 fully saturated rings. The summed E-state index contributed by atoms with van der Waals surface area (Å²) in [5.41, 5.74) is -0.0715. The van der Waals surface area contributed by atoms with E-state index in [4.69, 9.17) is 4.74 Å². The Hall–Kier alpha value is -3.00. The fraction of sp³-hybridized carbons (Fsp3) is 0.250. The zero-order valence-electron chi connectivity index (χ0n) is 15.6. The lowest BCUT2D eigenvalue weighted by Gasteiger charge is -2.20. The van der Waals surface area contributed by atoms with Crippen molar-refractivity contribution in [1.29, 1.82) is 0 Å². The van der Waals surface area contributed by atoms with Gasteiger partial charge in [0.25, 0.3) is 5.56 Å². The molecular formula is C20H18FN3O3S. The number of thiophene rings is 1. The summed E-state index contributed by atoms with van der Waals surface area (Å²) < 4.78 is 22.7. The fourth-order valence-electron chi connectivity index (χ4n) is 3.06. The smallest absolute Gasteiger partial charge is 0.419 e. The van der Waals surface area contributed by atoms with Crippen LogP contribution >= 0.6 is 11.3 Å². The number of halogens is 1. The lowest BCUT2D eigenvalue weighted by atomic mass is 10.2. The van der Waals surface area contributed by atoms with Crippen LogP contribution in [0.3, 0.4) is 0 Å². The minimum absolute atomic E-state index is 0.0331. The first-order valence-electron chi connectivity index (χ1n) is 8.71. The van der Waals surface area contributed by atoms with E-state index in [9.17, 15) is 14.0 Å². The van der Waals surface area contributed by atoms with Crippen LogP contribution in [0.15, 0.2) is 46.7 Å². The summed E-state index contributed by atoms with van der Waals surface area (Å²) in [7, 11) is 0. The van der Waals surface area contributed by atoms with E-state index in [2.05, 4.69) is 5.10 Å². The van der Waals surface area contributed by atoms with Crippen molar-refractivity contribution in [2.75, 3.05) is 0 Å². The molecule has 1 aromatic carbocycles. The molecule has 0 N–H and O–H groups in total. The number of hydrogen-bond acceptors (Lipinski definition) is 5. The van der Waals surface area contributed by atoms with E-state index in [0.29, 0.717) is 16.5 Å². The third-order valence-corrected chi connectivity index (χ3v) is 5.16. The molecule has 0 saturated carbocycles. The molecular weight excluding hydrogens is 381 g/mol. The van der Waals surface area contributed by atoms with Crippen LogP contribution in [0.25, 0.3) is 21.1 Å². The van der Waals surface area contributed by atoms with Gasteiger partial charge in [0.05, 0.1) is 23.0 Å². The highest BCUT2D eigenvalue weighted by molar-refractivity contribution is 7.18. The Bertz CT molecular complexity index is 1260. The van der Waals surface area contributed by atoms with Gasteiger partial charge in [0.2, 0.25) is 0 Å². The second-order valence-corrected chi connectivity index (χ2v) is 8.33. The summed E-state index contributed by atoms with van der Waals surface area (Å²) in [6.45, 7) is 5.26. The van der Waals surface area contributed by atoms with Crippen LogP contribution in [-0.4, -0.2) is 26.0 Å². The van der Waals surface area contributed by atoms with Crippen LogP contribution < -0.4 is 5.56 Å². The van der Waals surface area contributed by atoms with E-state index in [1.54, 1.807) is 45.0 Å². The molecule has 0 aliphatic heterocycles. The first-order valence-corrected chi connectivity index (χ1v) is 9.59. The first kappa shape index (κ1) is 18.4. The molecule has 0 bridgehead atoms. The lowest BCUT2D eigenvalue weighted by molar-refractivity contribution is 0.0551. The molecule has 4 aromatic rings. The van der Waals surface area contributed by atoms with Gasteiger partial charge in [0.15, 0.2) is 0 Å². The average Bonchev–Trinajstić information content (AvgIpc) is 3.18. The van der Waals surface area contributed by atoms with Gasteiger partial charge < -0.3 is 4.74 Å². The van der Waals surface area contributed by atoms with Crippen molar-refractivity contribution in [3.05, 3.63) is 63.6 Å². The third kappa shape index (κ3) is 3.09. The van der Waals surface area contributed by atoms with E-state index in [0.717, 1.165) is 9.38 Å². The average molecular weight is 399 g/mol. The van der Waals surface area contributed by atoms with Crippen LogP contribution in [0, 0.1) is 5.82 Å². The molecule has 0 amide bonds. The molecule has 0 aliphatic carbocycles. The topological polar surface area (TPSA) is 66.1 Å². The minimum Gasteiger partial charge on any atom is -0.443 e. The maximum Gasteiger partial charge on any atom is 0.419 e. The molecule has 3 heterocycles. The van der Waals surface area contributed by atoms with E-state index < -0.39 is 23.1 Å². The first-order chi connectivity index (χ1) is 13.3. The number of nitrogens with zero attached hydrogens (tertiary/aromatic N) is 3. The maximum absolute atomic E-state index is 14.0. The van der Waals surface area contributed by atoms with Crippen LogP contribution in [-0.2, 0) is 11.3 Å². The maximum atomic E-state index is 14.0. The predicted molar refractivity (Wildman–Crippen MR) is 107 cm³/mol. The molecule has 8 heteroatoms. The highest BCUT2D eigenvalue weighted by Crippen LogP contribution is 2.31. The number of ether oxygens (including phenoxy) is 1. The normalized spacial score (nSPS) is 12.0. The van der Waals surface area contributed by atoms with Gasteiger partial charge in [0.1, 0.15) is 16.9 Å². The summed E-state index contributed by atoms with van der Waals surface area (Å²) in [4.78, 5) is 26.0. The Balaban J connectivity index is 1.92. The number of carbonyl (C=O) groups is 1. The molecule has 0 radical (unpaired) electrons. The quantitative estimate of drug-likeness (QED) is 0.502. The number of aromatic nitrogens is 3. The second kappa shape index (κ2) is 6.56. The monoisotopic (exact) mass is 399 g/mol. The molecule has 144 valence electrons. The van der Waals surface area contributed by atoms with Crippen molar-refractivity contribution in [2.45, 2.75) is 32.9 Å². The summed E-state index contributed by atoms with van der Waals surface area (Å²) in [6, 6.07) is 7.98. The molecule has 0 atom stereocenters. The predicted octanol–water partition coefficient (Wildman–Crippen LogP) is 4.38. The summed E-state index contributed by atoms with van der Waals surface area (Å²) in [5.74, 6) is -0.417. The third-order valence-electron chi connectivity index (χ3n) is 4.23. The fourth-order valence-corrected chi connectivity index (χ4v) is 3.95. The zero-order chi connectivity index (χ0) is 20.1. The summed E-state index contributed by atoms with van der Waals surface area (Å²) in [6.07, 6.45) is 0.906. The van der Waals surface area contributed by atoms with Gasteiger partial charge in [-0.1, -0.05) is 18.2 Å². The molecule has 0 spiro atoms. The Kier molecular flexibility index (Phi) is 4.30. The Morgan fingerprint density at radius 1 is 1.25 bits per heavy atom. The Morgan fingerprint density at radius 3 is 2.71 bits per heavy atom. The largest absolute Gasteiger partial charge is 0.443 e. The molecule has 0 saturated heterocycles. The van der Waals surface area contributed by atoms with Crippen molar-refractivity contribution in [3.63, 3.8) is 0 Å². The standard InChI is InChI=1S/C20H18FN3O3S/c1-20(2,3)27-19(26)24-15-8-9-28-17(15)13-10-22-23(18(25)16(13)24)11-12-6-4-5-7-14(12)21/h4-10H,11H2,1-3H3.